The molecule has 2 rings (SSSR count). The van der Waals surface area contributed by atoms with Gasteiger partial charge in [0.1, 0.15) is 25.8 Å². The van der Waals surface area contributed by atoms with Crippen LogP contribution in [0.3, 0.4) is 0 Å². The summed E-state index contributed by atoms with van der Waals surface area (Å²) in [6.45, 7) is 3.33. The molecular weight excluding hydrogens is 148 g/mol. The summed E-state index contributed by atoms with van der Waals surface area (Å²) in [6.07, 6.45) is 0.239. The number of rotatable bonds is 0. The second-order valence-corrected chi connectivity index (χ2v) is 2.81. The molecule has 0 saturated carbocycles. The SMILES string of the molecule is C[C@@H]1OCO[C@@H]2COCO[C@@H]12. The van der Waals surface area contributed by atoms with Gasteiger partial charge >= 0.3 is 0 Å². The summed E-state index contributed by atoms with van der Waals surface area (Å²) in [5, 5.41) is 0. The Hall–Kier alpha value is -0.160. The molecule has 0 radical (unpaired) electrons. The lowest BCUT2D eigenvalue weighted by Crippen LogP contribution is -2.51. The third-order valence-corrected chi connectivity index (χ3v) is 2.07. The highest BCUT2D eigenvalue weighted by atomic mass is 16.7. The molecule has 0 aromatic heterocycles. The summed E-state index contributed by atoms with van der Waals surface area (Å²) in [5.41, 5.74) is 0. The highest BCUT2D eigenvalue weighted by molar-refractivity contribution is 4.80. The highest BCUT2D eigenvalue weighted by Gasteiger charge is 2.35. The van der Waals surface area contributed by atoms with E-state index in [0.29, 0.717) is 20.2 Å². The Kier molecular flexibility index (Phi) is 2.09. The molecule has 2 saturated heterocycles. The van der Waals surface area contributed by atoms with Crippen molar-refractivity contribution in [1.82, 2.24) is 0 Å². The first kappa shape index (κ1) is 7.49. The summed E-state index contributed by atoms with van der Waals surface area (Å²) < 4.78 is 20.9. The maximum atomic E-state index is 5.32. The van der Waals surface area contributed by atoms with Crippen LogP contribution in [-0.2, 0) is 18.9 Å². The fourth-order valence-electron chi connectivity index (χ4n) is 1.40. The Bertz CT molecular complexity index is 136. The largest absolute Gasteiger partial charge is 0.353 e. The smallest absolute Gasteiger partial charge is 0.147 e. The van der Waals surface area contributed by atoms with Gasteiger partial charge in [0.05, 0.1) is 12.7 Å². The summed E-state index contributed by atoms with van der Waals surface area (Å²) in [7, 11) is 0. The molecule has 0 N–H and O–H groups in total. The van der Waals surface area contributed by atoms with Crippen LogP contribution in [-0.4, -0.2) is 38.5 Å². The van der Waals surface area contributed by atoms with Crippen molar-refractivity contribution in [2.75, 3.05) is 20.2 Å². The first-order valence-corrected chi connectivity index (χ1v) is 3.80. The van der Waals surface area contributed by atoms with Gasteiger partial charge < -0.3 is 18.9 Å². The fourth-order valence-corrected chi connectivity index (χ4v) is 1.40. The molecule has 0 aliphatic carbocycles. The number of fused-ring (bicyclic) bond motifs is 1. The monoisotopic (exact) mass is 160 g/mol. The first-order valence-electron chi connectivity index (χ1n) is 3.80. The molecule has 64 valence electrons. The number of hydrogen-bond donors (Lipinski definition) is 0. The van der Waals surface area contributed by atoms with Gasteiger partial charge in [-0.3, -0.25) is 0 Å². The highest BCUT2D eigenvalue weighted by Crippen LogP contribution is 2.20. The van der Waals surface area contributed by atoms with Gasteiger partial charge in [-0.1, -0.05) is 0 Å². The topological polar surface area (TPSA) is 36.9 Å². The van der Waals surface area contributed by atoms with E-state index in [9.17, 15) is 0 Å². The molecule has 0 unspecified atom stereocenters. The van der Waals surface area contributed by atoms with Crippen LogP contribution >= 0.6 is 0 Å². The predicted molar refractivity (Wildman–Crippen MR) is 36.0 cm³/mol. The minimum atomic E-state index is 0.0532. The Balaban J connectivity index is 1.99. The van der Waals surface area contributed by atoms with E-state index in [-0.39, 0.29) is 18.3 Å². The van der Waals surface area contributed by atoms with Crippen molar-refractivity contribution in [3.8, 4) is 0 Å². The Morgan fingerprint density at radius 2 is 2.00 bits per heavy atom. The van der Waals surface area contributed by atoms with Gasteiger partial charge in [-0.05, 0) is 6.92 Å². The molecule has 2 heterocycles. The Labute approximate surface area is 65.4 Å². The molecule has 2 aliphatic rings. The van der Waals surface area contributed by atoms with Crippen LogP contribution in [0, 0.1) is 0 Å². The maximum Gasteiger partial charge on any atom is 0.147 e. The van der Waals surface area contributed by atoms with E-state index >= 15 is 0 Å². The van der Waals surface area contributed by atoms with Gasteiger partial charge in [0, 0.05) is 0 Å². The van der Waals surface area contributed by atoms with Crippen LogP contribution in [0.15, 0.2) is 0 Å². The molecule has 0 spiro atoms. The standard InChI is InChI=1S/C7H12O4/c1-5-7-6(10-4-9-5)2-8-3-11-7/h5-7H,2-4H2,1H3/t5-,6+,7-/m0/s1. The molecule has 4 nitrogen and oxygen atoms in total. The van der Waals surface area contributed by atoms with Crippen molar-refractivity contribution >= 4 is 0 Å². The van der Waals surface area contributed by atoms with Crippen molar-refractivity contribution in [2.45, 2.75) is 25.2 Å². The molecule has 0 amide bonds. The van der Waals surface area contributed by atoms with Gasteiger partial charge in [-0.2, -0.15) is 0 Å². The van der Waals surface area contributed by atoms with Crippen LogP contribution in [0.4, 0.5) is 0 Å². The zero-order valence-corrected chi connectivity index (χ0v) is 6.49. The van der Waals surface area contributed by atoms with E-state index in [2.05, 4.69) is 0 Å². The van der Waals surface area contributed by atoms with Crippen molar-refractivity contribution in [3.63, 3.8) is 0 Å². The summed E-state index contributed by atoms with van der Waals surface area (Å²) in [4.78, 5) is 0. The van der Waals surface area contributed by atoms with Crippen molar-refractivity contribution in [1.29, 1.82) is 0 Å². The third kappa shape index (κ3) is 1.39. The van der Waals surface area contributed by atoms with Crippen LogP contribution in [0.5, 0.6) is 0 Å². The third-order valence-electron chi connectivity index (χ3n) is 2.07. The second kappa shape index (κ2) is 3.06. The van der Waals surface area contributed by atoms with Crippen molar-refractivity contribution in [3.05, 3.63) is 0 Å². The quantitative estimate of drug-likeness (QED) is 0.504. The van der Waals surface area contributed by atoms with E-state index in [1.54, 1.807) is 0 Å². The van der Waals surface area contributed by atoms with Gasteiger partial charge in [0.15, 0.2) is 0 Å². The van der Waals surface area contributed by atoms with Gasteiger partial charge in [-0.15, -0.1) is 0 Å². The second-order valence-electron chi connectivity index (χ2n) is 2.81. The van der Waals surface area contributed by atoms with E-state index in [1.165, 1.54) is 0 Å². The van der Waals surface area contributed by atoms with Crippen molar-refractivity contribution in [2.24, 2.45) is 0 Å². The molecule has 2 fully saturated rings. The van der Waals surface area contributed by atoms with Gasteiger partial charge in [0.25, 0.3) is 0 Å². The lowest BCUT2D eigenvalue weighted by molar-refractivity contribution is -0.297. The fraction of sp³-hybridized carbons (Fsp3) is 1.00. The van der Waals surface area contributed by atoms with E-state index in [4.69, 9.17) is 18.9 Å². The average Bonchev–Trinajstić information content (AvgIpc) is 2.06. The molecule has 3 atom stereocenters. The van der Waals surface area contributed by atoms with E-state index in [1.807, 2.05) is 6.92 Å². The van der Waals surface area contributed by atoms with Gasteiger partial charge in [0.2, 0.25) is 0 Å². The first-order chi connectivity index (χ1) is 5.38. The molecular formula is C7H12O4. The summed E-state index contributed by atoms with van der Waals surface area (Å²) in [6, 6.07) is 0. The van der Waals surface area contributed by atoms with Crippen LogP contribution < -0.4 is 0 Å². The summed E-state index contributed by atoms with van der Waals surface area (Å²) >= 11 is 0. The lowest BCUT2D eigenvalue weighted by Gasteiger charge is -2.38. The Morgan fingerprint density at radius 1 is 1.09 bits per heavy atom. The van der Waals surface area contributed by atoms with E-state index in [0.717, 1.165) is 0 Å². The Morgan fingerprint density at radius 3 is 2.82 bits per heavy atom. The molecule has 2 aliphatic heterocycles. The lowest BCUT2D eigenvalue weighted by atomic mass is 10.1. The predicted octanol–water partition coefficient (Wildman–Crippen LogP) is 0.121. The molecule has 4 heteroatoms. The van der Waals surface area contributed by atoms with E-state index < -0.39 is 0 Å². The molecule has 0 aromatic rings. The minimum absolute atomic E-state index is 0.0532. The summed E-state index contributed by atoms with van der Waals surface area (Å²) in [5.74, 6) is 0. The van der Waals surface area contributed by atoms with Crippen LogP contribution in [0.2, 0.25) is 0 Å². The zero-order valence-electron chi connectivity index (χ0n) is 6.49. The van der Waals surface area contributed by atoms with Crippen LogP contribution in [0.1, 0.15) is 6.92 Å². The van der Waals surface area contributed by atoms with Gasteiger partial charge in [-0.25, -0.2) is 0 Å². The van der Waals surface area contributed by atoms with Crippen molar-refractivity contribution < 1.29 is 18.9 Å². The minimum Gasteiger partial charge on any atom is -0.353 e. The average molecular weight is 160 g/mol. The molecule has 0 aromatic carbocycles. The molecule has 0 bridgehead atoms. The zero-order chi connectivity index (χ0) is 7.68. The van der Waals surface area contributed by atoms with Crippen LogP contribution in [0.25, 0.3) is 0 Å². The molecule has 11 heavy (non-hydrogen) atoms. The normalized spacial score (nSPS) is 45.0. The number of ether oxygens (including phenoxy) is 4. The number of hydrogen-bond acceptors (Lipinski definition) is 4. The maximum absolute atomic E-state index is 5.32.